The van der Waals surface area contributed by atoms with E-state index in [4.69, 9.17) is 14.2 Å². The van der Waals surface area contributed by atoms with Crippen molar-refractivity contribution in [3.8, 4) is 0 Å². The van der Waals surface area contributed by atoms with Crippen molar-refractivity contribution in [2.24, 2.45) is 56.2 Å². The minimum Gasteiger partial charge on any atom is -0.481 e. The Bertz CT molecular complexity index is 1650. The van der Waals surface area contributed by atoms with E-state index < -0.39 is 65.1 Å². The van der Waals surface area contributed by atoms with Crippen molar-refractivity contribution in [2.75, 3.05) is 19.8 Å². The first kappa shape index (κ1) is 40.8. The molecule has 0 aromatic heterocycles. The monoisotopic (exact) mass is 782 g/mol. The zero-order chi connectivity index (χ0) is 40.1. The van der Waals surface area contributed by atoms with Gasteiger partial charge >= 0.3 is 5.97 Å². The molecule has 1 aromatic carbocycles. The summed E-state index contributed by atoms with van der Waals surface area (Å²) in [4.78, 5) is 13.7. The fourth-order valence-electron chi connectivity index (χ4n) is 15.0. The topological polar surface area (TPSA) is 186 Å². The van der Waals surface area contributed by atoms with Crippen LogP contribution in [-0.4, -0.2) is 104 Å². The standard InChI is InChI=1S/C45H66O11/c1-40(24-46)19-29-28-13-14-33-41(2)20-31(54-22-26-10-6-5-7-11-26)37(56-38-36(51)35(50)30(48)23-55-38)42(3,25-47)32(41)15-17-44(33)16-9-8-12-27(18-43(28,44)4)45(29,39(52)53)34(49)21-40/h5-7,10-11,13,27,29-38,46-51H,8-9,12,14-25H2,1-4H3,(H,52,53)/t27-,29-,30+,31+,32-,33+,34+,35-,36+,37+,38-,40+,41-,42-,43+,44+,45-/m0/s1. The molecule has 1 aromatic rings. The van der Waals surface area contributed by atoms with Crippen LogP contribution in [0.15, 0.2) is 42.0 Å². The van der Waals surface area contributed by atoms with Crippen LogP contribution >= 0.6 is 0 Å². The number of aliphatic carboxylic acids is 1. The molecule has 5 saturated carbocycles. The Morgan fingerprint density at radius 3 is 2.32 bits per heavy atom. The quantitative estimate of drug-likeness (QED) is 0.145. The fourth-order valence-corrected chi connectivity index (χ4v) is 15.0. The van der Waals surface area contributed by atoms with Gasteiger partial charge < -0.3 is 50.0 Å². The molecule has 0 radical (unpaired) electrons. The number of benzene rings is 1. The average Bonchev–Trinajstić information content (AvgIpc) is 3.16. The molecule has 6 fully saturated rings. The summed E-state index contributed by atoms with van der Waals surface area (Å²) in [6.07, 6.45) is 2.92. The molecule has 2 bridgehead atoms. The molecule has 17 atom stereocenters. The van der Waals surface area contributed by atoms with Crippen LogP contribution in [0, 0.1) is 56.2 Å². The van der Waals surface area contributed by atoms with Crippen LogP contribution < -0.4 is 0 Å². The molecule has 1 heterocycles. The summed E-state index contributed by atoms with van der Waals surface area (Å²) in [5.41, 5.74) is -1.37. The highest BCUT2D eigenvalue weighted by molar-refractivity contribution is 5.78. The lowest BCUT2D eigenvalue weighted by Crippen LogP contribution is -2.71. The van der Waals surface area contributed by atoms with Gasteiger partial charge in [0.15, 0.2) is 6.29 Å². The molecule has 1 aliphatic heterocycles. The second kappa shape index (κ2) is 14.4. The SMILES string of the molecule is C[C@]1(CO)C[C@@H](O)[C@]2(C(=O)O)[C@H]3CCCC[C@@]45CC[C@@H]6[C@](C)(CO)[C@H](O[C@@H]7OC[C@@H](O)[C@H](O)[C@H]7O)[C@H](OCc7ccccc7)C[C@]6(C)[C@H]4CC=C([C@@H]2C1)[C@@]5(C)C3. The van der Waals surface area contributed by atoms with Crippen molar-refractivity contribution < 1.29 is 54.8 Å². The first-order valence-electron chi connectivity index (χ1n) is 21.4. The van der Waals surface area contributed by atoms with Crippen LogP contribution in [0.1, 0.15) is 104 Å². The van der Waals surface area contributed by atoms with E-state index in [0.29, 0.717) is 25.9 Å². The molecule has 7 N–H and O–H groups in total. The second-order valence-corrected chi connectivity index (χ2v) is 20.4. The summed E-state index contributed by atoms with van der Waals surface area (Å²) >= 11 is 0. The van der Waals surface area contributed by atoms with Crippen LogP contribution in [0.25, 0.3) is 0 Å². The van der Waals surface area contributed by atoms with Crippen LogP contribution in [0.2, 0.25) is 0 Å². The van der Waals surface area contributed by atoms with Crippen molar-refractivity contribution in [2.45, 2.75) is 148 Å². The molecule has 6 aliphatic carbocycles. The van der Waals surface area contributed by atoms with Gasteiger partial charge in [-0.15, -0.1) is 0 Å². The van der Waals surface area contributed by atoms with E-state index in [1.807, 2.05) is 37.3 Å². The largest absolute Gasteiger partial charge is 0.481 e. The number of ether oxygens (including phenoxy) is 3. The summed E-state index contributed by atoms with van der Waals surface area (Å²) in [5.74, 6) is -1.31. The predicted octanol–water partition coefficient (Wildman–Crippen LogP) is 4.59. The Kier molecular flexibility index (Phi) is 10.5. The van der Waals surface area contributed by atoms with Crippen molar-refractivity contribution in [1.29, 1.82) is 0 Å². The smallest absolute Gasteiger partial charge is 0.313 e. The molecule has 0 unspecified atom stereocenters. The van der Waals surface area contributed by atoms with Crippen LogP contribution in [0.5, 0.6) is 0 Å². The van der Waals surface area contributed by atoms with Gasteiger partial charge in [0, 0.05) is 12.0 Å². The van der Waals surface area contributed by atoms with Gasteiger partial charge in [-0.25, -0.2) is 0 Å². The summed E-state index contributed by atoms with van der Waals surface area (Å²) < 4.78 is 19.4. The number of hydrogen-bond donors (Lipinski definition) is 7. The predicted molar refractivity (Wildman–Crippen MR) is 206 cm³/mol. The minimum atomic E-state index is -1.49. The maximum Gasteiger partial charge on any atom is 0.313 e. The number of rotatable bonds is 8. The van der Waals surface area contributed by atoms with E-state index in [9.17, 15) is 40.5 Å². The molecular formula is C45H66O11. The first-order valence-corrected chi connectivity index (χ1v) is 21.4. The van der Waals surface area contributed by atoms with Gasteiger partial charge in [-0.2, -0.15) is 0 Å². The lowest BCUT2D eigenvalue weighted by atomic mass is 9.30. The van der Waals surface area contributed by atoms with E-state index in [2.05, 4.69) is 26.8 Å². The Morgan fingerprint density at radius 1 is 0.875 bits per heavy atom. The maximum absolute atomic E-state index is 13.7. The highest BCUT2D eigenvalue weighted by atomic mass is 16.7. The molecular weight excluding hydrogens is 716 g/mol. The Hall–Kier alpha value is -1.93. The number of carbonyl (C=O) groups is 1. The van der Waals surface area contributed by atoms with E-state index >= 15 is 0 Å². The van der Waals surface area contributed by atoms with Crippen molar-refractivity contribution in [1.82, 2.24) is 0 Å². The van der Waals surface area contributed by atoms with Crippen molar-refractivity contribution >= 4 is 5.97 Å². The molecule has 11 nitrogen and oxygen atoms in total. The summed E-state index contributed by atoms with van der Waals surface area (Å²) in [6, 6.07) is 9.93. The highest BCUT2D eigenvalue weighted by Crippen LogP contribution is 2.78. The van der Waals surface area contributed by atoms with E-state index in [1.165, 1.54) is 5.57 Å². The number of carboxylic acid groups (broad SMARTS) is 1. The van der Waals surface area contributed by atoms with E-state index in [-0.39, 0.29) is 66.2 Å². The number of allylic oxidation sites excluding steroid dienone is 2. The molecule has 1 saturated heterocycles. The Balaban J connectivity index is 1.22. The van der Waals surface area contributed by atoms with E-state index in [1.54, 1.807) is 0 Å². The summed E-state index contributed by atoms with van der Waals surface area (Å²) in [7, 11) is 0. The molecule has 56 heavy (non-hydrogen) atoms. The number of aliphatic hydroxyl groups excluding tert-OH is 6. The van der Waals surface area contributed by atoms with Gasteiger partial charge in [0.1, 0.15) is 23.7 Å². The Morgan fingerprint density at radius 2 is 1.62 bits per heavy atom. The number of carboxylic acids is 1. The number of aliphatic hydroxyl groups is 6. The minimum absolute atomic E-state index is 0.0101. The number of fused-ring (bicyclic) bond motifs is 6. The molecule has 7 aliphatic rings. The average molecular weight is 783 g/mol. The zero-order valence-corrected chi connectivity index (χ0v) is 33.7. The fraction of sp³-hybridized carbons (Fsp3) is 0.800. The van der Waals surface area contributed by atoms with Gasteiger partial charge in [-0.1, -0.05) is 82.5 Å². The normalized spacial score (nSPS) is 51.3. The molecule has 1 spiro atoms. The van der Waals surface area contributed by atoms with Gasteiger partial charge in [-0.05, 0) is 109 Å². The van der Waals surface area contributed by atoms with Gasteiger partial charge in [0.25, 0.3) is 0 Å². The molecule has 8 rings (SSSR count). The van der Waals surface area contributed by atoms with Gasteiger partial charge in [0.2, 0.25) is 0 Å². The number of hydrogen-bond acceptors (Lipinski definition) is 10. The zero-order valence-electron chi connectivity index (χ0n) is 33.7. The van der Waals surface area contributed by atoms with Crippen LogP contribution in [-0.2, 0) is 25.6 Å². The third-order valence-corrected chi connectivity index (χ3v) is 17.6. The highest BCUT2D eigenvalue weighted by Gasteiger charge is 2.75. The van der Waals surface area contributed by atoms with Crippen molar-refractivity contribution in [3.63, 3.8) is 0 Å². The third-order valence-electron chi connectivity index (χ3n) is 17.6. The molecule has 0 amide bonds. The first-order chi connectivity index (χ1) is 26.5. The maximum atomic E-state index is 13.7. The molecule has 11 heteroatoms. The van der Waals surface area contributed by atoms with Crippen molar-refractivity contribution in [3.05, 3.63) is 47.5 Å². The third kappa shape index (κ3) is 5.72. The molecule has 312 valence electrons. The van der Waals surface area contributed by atoms with Gasteiger partial charge in [0.05, 0.1) is 38.1 Å². The Labute approximate surface area is 331 Å². The van der Waals surface area contributed by atoms with Crippen LogP contribution in [0.4, 0.5) is 0 Å². The van der Waals surface area contributed by atoms with E-state index in [0.717, 1.165) is 50.5 Å². The lowest BCUT2D eigenvalue weighted by molar-refractivity contribution is -0.333. The van der Waals surface area contributed by atoms with Gasteiger partial charge in [-0.3, -0.25) is 4.79 Å². The van der Waals surface area contributed by atoms with Crippen LogP contribution in [0.3, 0.4) is 0 Å². The lowest BCUT2D eigenvalue weighted by Gasteiger charge is -2.74. The summed E-state index contributed by atoms with van der Waals surface area (Å²) in [6.45, 7) is 8.67. The second-order valence-electron chi connectivity index (χ2n) is 20.4. The summed E-state index contributed by atoms with van der Waals surface area (Å²) in [5, 5.41) is 77.3.